The molecule has 2 N–H and O–H groups in total. The van der Waals surface area contributed by atoms with Crippen LogP contribution in [0.15, 0.2) is 30.3 Å². The molecule has 1 rings (SSSR count). The quantitative estimate of drug-likeness (QED) is 0.799. The molecule has 110 valence electrons. The fraction of sp³-hybridized carbons (Fsp3) is 0.500. The van der Waals surface area contributed by atoms with Crippen LogP contribution < -0.4 is 10.6 Å². The molecule has 0 heterocycles. The first-order chi connectivity index (χ1) is 9.49. The lowest BCUT2D eigenvalue weighted by Gasteiger charge is -2.18. The molecule has 4 heteroatoms. The van der Waals surface area contributed by atoms with Gasteiger partial charge in [0.1, 0.15) is 0 Å². The van der Waals surface area contributed by atoms with Gasteiger partial charge in [-0.15, -0.1) is 0 Å². The highest BCUT2D eigenvalue weighted by Crippen LogP contribution is 2.12. The van der Waals surface area contributed by atoms with Crippen molar-refractivity contribution in [1.82, 2.24) is 10.6 Å². The summed E-state index contributed by atoms with van der Waals surface area (Å²) in [6, 6.07) is 10.1. The predicted molar refractivity (Wildman–Crippen MR) is 80.2 cm³/mol. The van der Waals surface area contributed by atoms with Crippen LogP contribution in [-0.2, 0) is 16.0 Å². The van der Waals surface area contributed by atoms with Crippen LogP contribution in [0.5, 0.6) is 0 Å². The van der Waals surface area contributed by atoms with Gasteiger partial charge in [0.25, 0.3) is 0 Å². The second kappa shape index (κ2) is 8.35. The highest BCUT2D eigenvalue weighted by molar-refractivity contribution is 5.79. The number of rotatable bonds is 7. The summed E-state index contributed by atoms with van der Waals surface area (Å²) in [5.74, 6) is -0.131. The first kappa shape index (κ1) is 16.2. The van der Waals surface area contributed by atoms with Gasteiger partial charge in [0, 0.05) is 25.4 Å². The zero-order valence-corrected chi connectivity index (χ0v) is 12.5. The van der Waals surface area contributed by atoms with Crippen LogP contribution in [-0.4, -0.2) is 24.4 Å². The van der Waals surface area contributed by atoms with E-state index in [0.29, 0.717) is 19.4 Å². The van der Waals surface area contributed by atoms with E-state index in [0.717, 1.165) is 5.56 Å². The third-order valence-electron chi connectivity index (χ3n) is 2.99. The normalized spacial score (nSPS) is 12.0. The molecule has 0 fully saturated rings. The van der Waals surface area contributed by atoms with E-state index in [1.807, 2.05) is 44.2 Å². The van der Waals surface area contributed by atoms with E-state index in [2.05, 4.69) is 10.6 Å². The van der Waals surface area contributed by atoms with Crippen molar-refractivity contribution in [3.8, 4) is 0 Å². The van der Waals surface area contributed by atoms with Crippen LogP contribution in [0.1, 0.15) is 32.8 Å². The lowest BCUT2D eigenvalue weighted by Crippen LogP contribution is -2.38. The van der Waals surface area contributed by atoms with Crippen molar-refractivity contribution in [3.63, 3.8) is 0 Å². The van der Waals surface area contributed by atoms with Crippen molar-refractivity contribution in [2.45, 2.75) is 39.7 Å². The largest absolute Gasteiger partial charge is 0.356 e. The molecule has 1 atom stereocenters. The second-order valence-corrected chi connectivity index (χ2v) is 5.32. The van der Waals surface area contributed by atoms with Crippen LogP contribution in [0.2, 0.25) is 0 Å². The van der Waals surface area contributed by atoms with Gasteiger partial charge in [-0.1, -0.05) is 30.3 Å². The first-order valence-corrected chi connectivity index (χ1v) is 7.07. The molecular formula is C16H24N2O2. The summed E-state index contributed by atoms with van der Waals surface area (Å²) in [7, 11) is 0. The van der Waals surface area contributed by atoms with Crippen molar-refractivity contribution in [2.75, 3.05) is 6.54 Å². The fourth-order valence-electron chi connectivity index (χ4n) is 2.05. The molecule has 0 aliphatic carbocycles. The molecule has 0 unspecified atom stereocenters. The van der Waals surface area contributed by atoms with Gasteiger partial charge in [-0.05, 0) is 32.3 Å². The van der Waals surface area contributed by atoms with E-state index in [-0.39, 0.29) is 23.8 Å². The Kier molecular flexibility index (Phi) is 6.77. The Hall–Kier alpha value is -1.84. The van der Waals surface area contributed by atoms with Crippen LogP contribution in [0.25, 0.3) is 0 Å². The molecule has 0 radical (unpaired) electrons. The Labute approximate surface area is 121 Å². The van der Waals surface area contributed by atoms with Gasteiger partial charge in [-0.2, -0.15) is 0 Å². The smallest absolute Gasteiger partial charge is 0.223 e. The molecule has 0 bridgehead atoms. The number of benzene rings is 1. The van der Waals surface area contributed by atoms with Gasteiger partial charge in [0.05, 0.1) is 0 Å². The van der Waals surface area contributed by atoms with Crippen molar-refractivity contribution in [2.24, 2.45) is 5.92 Å². The van der Waals surface area contributed by atoms with Crippen molar-refractivity contribution in [3.05, 3.63) is 35.9 Å². The minimum absolute atomic E-state index is 0.0502. The number of hydrogen-bond acceptors (Lipinski definition) is 2. The molecule has 0 aliphatic heterocycles. The van der Waals surface area contributed by atoms with E-state index in [1.165, 1.54) is 6.92 Å². The molecule has 0 saturated carbocycles. The lowest BCUT2D eigenvalue weighted by molar-refractivity contribution is -0.126. The van der Waals surface area contributed by atoms with Crippen molar-refractivity contribution >= 4 is 11.8 Å². The number of nitrogens with one attached hydrogen (secondary N) is 2. The maximum Gasteiger partial charge on any atom is 0.223 e. The van der Waals surface area contributed by atoms with Gasteiger partial charge in [0.15, 0.2) is 0 Å². The van der Waals surface area contributed by atoms with E-state index in [9.17, 15) is 9.59 Å². The maximum atomic E-state index is 12.2. The molecule has 1 aromatic carbocycles. The van der Waals surface area contributed by atoms with E-state index < -0.39 is 0 Å². The number of hydrogen-bond donors (Lipinski definition) is 2. The lowest BCUT2D eigenvalue weighted by atomic mass is 9.95. The SMILES string of the molecule is CC(=O)NCC[C@H](Cc1ccccc1)C(=O)NC(C)C. The highest BCUT2D eigenvalue weighted by atomic mass is 16.2. The fourth-order valence-corrected chi connectivity index (χ4v) is 2.05. The van der Waals surface area contributed by atoms with Crippen molar-refractivity contribution in [1.29, 1.82) is 0 Å². The molecular weight excluding hydrogens is 252 g/mol. The van der Waals surface area contributed by atoms with E-state index in [1.54, 1.807) is 0 Å². The Bertz CT molecular complexity index is 429. The van der Waals surface area contributed by atoms with Crippen LogP contribution in [0, 0.1) is 5.92 Å². The minimum Gasteiger partial charge on any atom is -0.356 e. The van der Waals surface area contributed by atoms with Crippen LogP contribution in [0.4, 0.5) is 0 Å². The maximum absolute atomic E-state index is 12.2. The Morgan fingerprint density at radius 3 is 2.35 bits per heavy atom. The molecule has 0 aliphatic rings. The molecule has 20 heavy (non-hydrogen) atoms. The second-order valence-electron chi connectivity index (χ2n) is 5.32. The molecule has 0 saturated heterocycles. The third-order valence-corrected chi connectivity index (χ3v) is 2.99. The summed E-state index contributed by atoms with van der Waals surface area (Å²) in [5.41, 5.74) is 1.14. The monoisotopic (exact) mass is 276 g/mol. The summed E-state index contributed by atoms with van der Waals surface area (Å²) in [5, 5.41) is 5.70. The zero-order valence-electron chi connectivity index (χ0n) is 12.5. The van der Waals surface area contributed by atoms with Gasteiger partial charge in [-0.3, -0.25) is 9.59 Å². The van der Waals surface area contributed by atoms with Crippen LogP contribution in [0.3, 0.4) is 0 Å². The van der Waals surface area contributed by atoms with Crippen molar-refractivity contribution < 1.29 is 9.59 Å². The summed E-state index contributed by atoms with van der Waals surface area (Å²) in [4.78, 5) is 23.1. The molecule has 2 amide bonds. The van der Waals surface area contributed by atoms with Gasteiger partial charge < -0.3 is 10.6 Å². The predicted octanol–water partition coefficient (Wildman–Crippen LogP) is 1.90. The average Bonchev–Trinajstić information content (AvgIpc) is 2.37. The summed E-state index contributed by atoms with van der Waals surface area (Å²) in [6.45, 7) is 5.91. The molecule has 4 nitrogen and oxygen atoms in total. The van der Waals surface area contributed by atoms with E-state index >= 15 is 0 Å². The van der Waals surface area contributed by atoms with Gasteiger partial charge >= 0.3 is 0 Å². The van der Waals surface area contributed by atoms with Crippen LogP contribution >= 0.6 is 0 Å². The summed E-state index contributed by atoms with van der Waals surface area (Å²) in [6.07, 6.45) is 1.34. The molecule has 1 aromatic rings. The standard InChI is InChI=1S/C16H24N2O2/c1-12(2)18-16(20)15(9-10-17-13(3)19)11-14-7-5-4-6-8-14/h4-8,12,15H,9-11H2,1-3H3,(H,17,19)(H,18,20)/t15-/m1/s1. The summed E-state index contributed by atoms with van der Waals surface area (Å²) < 4.78 is 0. The van der Waals surface area contributed by atoms with Gasteiger partial charge in [0.2, 0.25) is 11.8 Å². The van der Waals surface area contributed by atoms with Gasteiger partial charge in [-0.25, -0.2) is 0 Å². The number of carbonyl (C=O) groups excluding carboxylic acids is 2. The topological polar surface area (TPSA) is 58.2 Å². The Balaban J connectivity index is 2.63. The zero-order chi connectivity index (χ0) is 15.0. The third kappa shape index (κ3) is 6.36. The molecule has 0 spiro atoms. The first-order valence-electron chi connectivity index (χ1n) is 7.07. The molecule has 0 aromatic heterocycles. The minimum atomic E-state index is -0.119. The Morgan fingerprint density at radius 2 is 1.80 bits per heavy atom. The number of amides is 2. The Morgan fingerprint density at radius 1 is 1.15 bits per heavy atom. The van der Waals surface area contributed by atoms with E-state index in [4.69, 9.17) is 0 Å². The average molecular weight is 276 g/mol. The highest BCUT2D eigenvalue weighted by Gasteiger charge is 2.19. The summed E-state index contributed by atoms with van der Waals surface area (Å²) >= 11 is 0. The number of carbonyl (C=O) groups is 2.